The maximum Gasteiger partial charge on any atom is 0.318 e. The molecule has 0 saturated heterocycles. The van der Waals surface area contributed by atoms with Crippen molar-refractivity contribution in [2.75, 3.05) is 24.8 Å². The molecule has 0 aromatic heterocycles. The topological polar surface area (TPSA) is 64.6 Å². The number of thioether (sulfide) groups is 1. The molecule has 0 saturated carbocycles. The third-order valence-electron chi connectivity index (χ3n) is 3.29. The maximum absolute atomic E-state index is 12.1. The Kier molecular flexibility index (Phi) is 9.00. The Morgan fingerprint density at radius 2 is 2.08 bits per heavy atom. The van der Waals surface area contributed by atoms with E-state index in [9.17, 15) is 9.59 Å². The van der Waals surface area contributed by atoms with Gasteiger partial charge in [0.25, 0.3) is 0 Å². The number of nitrogens with one attached hydrogen (secondary N) is 1. The Hall–Kier alpha value is -1.40. The molecule has 5 nitrogen and oxygen atoms in total. The van der Waals surface area contributed by atoms with Crippen LogP contribution >= 0.6 is 23.4 Å². The number of hydrogen-bond acceptors (Lipinski definition) is 5. The summed E-state index contributed by atoms with van der Waals surface area (Å²) in [7, 11) is 1.51. The third-order valence-corrected chi connectivity index (χ3v) is 4.82. The molecular formula is C17H24ClNO4S. The lowest BCUT2D eigenvalue weighted by molar-refractivity contribution is -0.142. The van der Waals surface area contributed by atoms with Gasteiger partial charge < -0.3 is 14.8 Å². The molecule has 0 radical (unpaired) electrons. The number of amides is 1. The number of rotatable bonds is 9. The van der Waals surface area contributed by atoms with Gasteiger partial charge >= 0.3 is 5.97 Å². The zero-order chi connectivity index (χ0) is 18.1. The van der Waals surface area contributed by atoms with E-state index in [1.807, 2.05) is 13.8 Å². The summed E-state index contributed by atoms with van der Waals surface area (Å²) in [5.74, 6) is 0.139. The predicted molar refractivity (Wildman–Crippen MR) is 99.2 cm³/mol. The molecule has 1 atom stereocenters. The molecule has 1 unspecified atom stereocenters. The van der Waals surface area contributed by atoms with Crippen LogP contribution in [0.25, 0.3) is 0 Å². The Bertz CT molecular complexity index is 580. The Labute approximate surface area is 152 Å². The number of unbranched alkanes of at least 4 members (excludes halogenated alkanes) is 1. The number of ether oxygens (including phenoxy) is 2. The molecule has 134 valence electrons. The molecule has 0 spiro atoms. The average molecular weight is 374 g/mol. The summed E-state index contributed by atoms with van der Waals surface area (Å²) in [6.07, 6.45) is 1.82. The summed E-state index contributed by atoms with van der Waals surface area (Å²) in [5, 5.41) is 2.96. The smallest absolute Gasteiger partial charge is 0.318 e. The summed E-state index contributed by atoms with van der Waals surface area (Å²) < 4.78 is 10.4. The van der Waals surface area contributed by atoms with E-state index in [0.717, 1.165) is 18.4 Å². The molecule has 1 rings (SSSR count). The lowest BCUT2D eigenvalue weighted by atomic mass is 10.2. The molecule has 0 aliphatic carbocycles. The minimum Gasteiger partial charge on any atom is -0.495 e. The van der Waals surface area contributed by atoms with Crippen LogP contribution in [0.4, 0.5) is 5.69 Å². The molecular weight excluding hydrogens is 350 g/mol. The van der Waals surface area contributed by atoms with Gasteiger partial charge in [-0.1, -0.05) is 24.9 Å². The second-order valence-corrected chi connectivity index (χ2v) is 7.06. The van der Waals surface area contributed by atoms with E-state index in [4.69, 9.17) is 21.1 Å². The quantitative estimate of drug-likeness (QED) is 0.522. The van der Waals surface area contributed by atoms with E-state index in [0.29, 0.717) is 23.1 Å². The van der Waals surface area contributed by atoms with E-state index in [1.54, 1.807) is 19.1 Å². The molecule has 0 aliphatic rings. The number of benzene rings is 1. The van der Waals surface area contributed by atoms with Crippen molar-refractivity contribution in [2.24, 2.45) is 0 Å². The zero-order valence-electron chi connectivity index (χ0n) is 14.5. The van der Waals surface area contributed by atoms with Gasteiger partial charge in [-0.3, -0.25) is 9.59 Å². The molecule has 7 heteroatoms. The minimum absolute atomic E-state index is 0.148. The Morgan fingerprint density at radius 3 is 2.71 bits per heavy atom. The van der Waals surface area contributed by atoms with Gasteiger partial charge in [0.1, 0.15) is 11.0 Å². The number of carbonyl (C=O) groups excluding carboxylic acids is 2. The highest BCUT2D eigenvalue weighted by molar-refractivity contribution is 8.01. The van der Waals surface area contributed by atoms with E-state index in [2.05, 4.69) is 5.32 Å². The Morgan fingerprint density at radius 1 is 1.38 bits per heavy atom. The molecule has 24 heavy (non-hydrogen) atoms. The van der Waals surface area contributed by atoms with Crippen molar-refractivity contribution in [1.82, 2.24) is 0 Å². The lowest BCUT2D eigenvalue weighted by Crippen LogP contribution is -2.22. The standard InChI is InChI=1S/C17H24ClNO4S/c1-5-6-7-23-17(21)12(3)24-10-16(20)19-14-8-11(2)13(18)9-15(14)22-4/h8-9,12H,5-7,10H2,1-4H3,(H,19,20). The fraction of sp³-hybridized carbons (Fsp3) is 0.529. The number of methoxy groups -OCH3 is 1. The number of hydrogen-bond donors (Lipinski definition) is 1. The first-order chi connectivity index (χ1) is 11.4. The molecule has 1 aromatic rings. The highest BCUT2D eigenvalue weighted by Gasteiger charge is 2.17. The normalized spacial score (nSPS) is 11.7. The van der Waals surface area contributed by atoms with Crippen LogP contribution < -0.4 is 10.1 Å². The lowest BCUT2D eigenvalue weighted by Gasteiger charge is -2.13. The van der Waals surface area contributed by atoms with Crippen molar-refractivity contribution in [1.29, 1.82) is 0 Å². The van der Waals surface area contributed by atoms with Gasteiger partial charge in [0.2, 0.25) is 5.91 Å². The number of anilines is 1. The number of halogens is 1. The van der Waals surface area contributed by atoms with E-state index in [1.165, 1.54) is 18.9 Å². The average Bonchev–Trinajstić information content (AvgIpc) is 2.55. The second-order valence-electron chi connectivity index (χ2n) is 5.32. The monoisotopic (exact) mass is 373 g/mol. The van der Waals surface area contributed by atoms with E-state index in [-0.39, 0.29) is 22.9 Å². The first kappa shape index (κ1) is 20.6. The van der Waals surface area contributed by atoms with Crippen molar-refractivity contribution in [3.63, 3.8) is 0 Å². The number of carbonyl (C=O) groups is 2. The summed E-state index contributed by atoms with van der Waals surface area (Å²) >= 11 is 7.28. The van der Waals surface area contributed by atoms with Crippen molar-refractivity contribution in [2.45, 2.75) is 38.9 Å². The van der Waals surface area contributed by atoms with Crippen molar-refractivity contribution in [3.05, 3.63) is 22.7 Å². The highest BCUT2D eigenvalue weighted by Crippen LogP contribution is 2.31. The van der Waals surface area contributed by atoms with E-state index >= 15 is 0 Å². The van der Waals surface area contributed by atoms with Gasteiger partial charge in [-0.2, -0.15) is 0 Å². The van der Waals surface area contributed by atoms with Crippen LogP contribution in [0.5, 0.6) is 5.75 Å². The zero-order valence-corrected chi connectivity index (χ0v) is 16.1. The van der Waals surface area contributed by atoms with Crippen LogP contribution in [-0.4, -0.2) is 36.6 Å². The molecule has 1 N–H and O–H groups in total. The molecule has 0 bridgehead atoms. The fourth-order valence-electron chi connectivity index (χ4n) is 1.82. The largest absolute Gasteiger partial charge is 0.495 e. The third kappa shape index (κ3) is 6.61. The van der Waals surface area contributed by atoms with Crippen LogP contribution in [0.2, 0.25) is 5.02 Å². The van der Waals surface area contributed by atoms with Crippen molar-refractivity contribution in [3.8, 4) is 5.75 Å². The van der Waals surface area contributed by atoms with Gasteiger partial charge in [0.05, 0.1) is 25.2 Å². The van der Waals surface area contributed by atoms with Gasteiger partial charge in [-0.15, -0.1) is 11.8 Å². The fourth-order valence-corrected chi connectivity index (χ4v) is 2.65. The van der Waals surface area contributed by atoms with Crippen LogP contribution in [0.1, 0.15) is 32.3 Å². The van der Waals surface area contributed by atoms with Gasteiger partial charge in [-0.25, -0.2) is 0 Å². The van der Waals surface area contributed by atoms with Gasteiger partial charge in [0, 0.05) is 11.1 Å². The second kappa shape index (κ2) is 10.5. The van der Waals surface area contributed by atoms with Crippen molar-refractivity contribution >= 4 is 40.9 Å². The summed E-state index contributed by atoms with van der Waals surface area (Å²) in [6, 6.07) is 3.42. The van der Waals surface area contributed by atoms with Crippen LogP contribution in [0, 0.1) is 6.92 Å². The molecule has 0 fully saturated rings. The maximum atomic E-state index is 12.1. The number of esters is 1. The SMILES string of the molecule is CCCCOC(=O)C(C)SCC(=O)Nc1cc(C)c(Cl)cc1OC. The van der Waals surface area contributed by atoms with Gasteiger partial charge in [0.15, 0.2) is 0 Å². The van der Waals surface area contributed by atoms with Crippen LogP contribution in [0.15, 0.2) is 12.1 Å². The molecule has 0 aliphatic heterocycles. The Balaban J connectivity index is 2.52. The summed E-state index contributed by atoms with van der Waals surface area (Å²) in [6.45, 7) is 6.04. The van der Waals surface area contributed by atoms with E-state index < -0.39 is 0 Å². The first-order valence-corrected chi connectivity index (χ1v) is 9.23. The highest BCUT2D eigenvalue weighted by atomic mass is 35.5. The van der Waals surface area contributed by atoms with Crippen LogP contribution in [0.3, 0.4) is 0 Å². The van der Waals surface area contributed by atoms with Gasteiger partial charge in [-0.05, 0) is 31.9 Å². The predicted octanol–water partition coefficient (Wildman–Crippen LogP) is 4.06. The van der Waals surface area contributed by atoms with Crippen molar-refractivity contribution < 1.29 is 19.1 Å². The summed E-state index contributed by atoms with van der Waals surface area (Å²) in [5.41, 5.74) is 1.40. The molecule has 1 amide bonds. The molecule has 0 heterocycles. The molecule has 1 aromatic carbocycles. The first-order valence-electron chi connectivity index (χ1n) is 7.81. The van der Waals surface area contributed by atoms with Crippen LogP contribution in [-0.2, 0) is 14.3 Å². The number of aryl methyl sites for hydroxylation is 1. The summed E-state index contributed by atoms with van der Waals surface area (Å²) in [4.78, 5) is 23.9. The minimum atomic E-state index is -0.388.